The van der Waals surface area contributed by atoms with E-state index < -0.39 is 15.8 Å². The Labute approximate surface area is 316 Å². The third-order valence-corrected chi connectivity index (χ3v) is 15.0. The van der Waals surface area contributed by atoms with Crippen LogP contribution in [0.25, 0.3) is 0 Å². The minimum atomic E-state index is -0.843. The number of hydrogen-bond donors (Lipinski definition) is 0. The Morgan fingerprint density at radius 2 is 0.904 bits per heavy atom. The molecule has 5 radical (unpaired) electrons. The highest BCUT2D eigenvalue weighted by Gasteiger charge is 2.45. The van der Waals surface area contributed by atoms with Crippen LogP contribution < -0.4 is 26.5 Å². The van der Waals surface area contributed by atoms with Gasteiger partial charge in [-0.3, -0.25) is 4.90 Å². The Hall–Kier alpha value is -3.12. The van der Waals surface area contributed by atoms with E-state index in [2.05, 4.69) is 177 Å². The first-order chi connectivity index (χ1) is 25.0. The Kier molecular flexibility index (Phi) is 11.5. The molecule has 2 nitrogen and oxygen atoms in total. The second kappa shape index (κ2) is 16.1. The summed E-state index contributed by atoms with van der Waals surface area (Å²) in [6, 6.07) is 38.2. The van der Waals surface area contributed by atoms with E-state index in [1.165, 1.54) is 88.2 Å². The molecule has 0 amide bonds. The molecule has 265 valence electrons. The van der Waals surface area contributed by atoms with Gasteiger partial charge in [-0.25, -0.2) is 0 Å². The molecule has 1 aliphatic heterocycles. The Morgan fingerprint density at radius 3 is 1.35 bits per heavy atom. The number of hydrogen-bond acceptors (Lipinski definition) is 2. The number of ether oxygens (including phenoxy) is 1. The molecule has 5 aromatic carbocycles. The molecule has 1 atom stereocenters. The summed E-state index contributed by atoms with van der Waals surface area (Å²) in [5, 5.41) is 7.12. The summed E-state index contributed by atoms with van der Waals surface area (Å²) < 4.78 is 6.01. The summed E-state index contributed by atoms with van der Waals surface area (Å²) in [6.45, 7) is 21.2. The normalized spacial score (nSPS) is 16.7. The van der Waals surface area contributed by atoms with Crippen LogP contribution in [0.15, 0.2) is 97.1 Å². The Morgan fingerprint density at radius 1 is 0.500 bits per heavy atom. The smallest absolute Gasteiger partial charge is 0.0594 e. The van der Waals surface area contributed by atoms with E-state index in [0.29, 0.717) is 0 Å². The number of benzene rings is 5. The van der Waals surface area contributed by atoms with Crippen LogP contribution in [0.1, 0.15) is 56.1 Å². The van der Waals surface area contributed by atoms with Crippen molar-refractivity contribution >= 4 is 42.4 Å². The molecule has 1 heterocycles. The average molecular weight is 721 g/mol. The fourth-order valence-corrected chi connectivity index (χ4v) is 14.1. The van der Waals surface area contributed by atoms with Gasteiger partial charge in [-0.2, -0.15) is 0 Å². The summed E-state index contributed by atoms with van der Waals surface area (Å²) in [5.41, 5.74) is 13.4. The lowest BCUT2D eigenvalue weighted by Gasteiger charge is -2.43. The van der Waals surface area contributed by atoms with Crippen LogP contribution in [0.2, 0.25) is 0 Å². The highest BCUT2D eigenvalue weighted by molar-refractivity contribution is 7.80. The fraction of sp³-hybridized carbons (Fsp3) is 0.271. The molecule has 0 bridgehead atoms. The Bertz CT molecular complexity index is 1860. The van der Waals surface area contributed by atoms with Crippen molar-refractivity contribution in [3.05, 3.63) is 178 Å². The van der Waals surface area contributed by atoms with Crippen molar-refractivity contribution in [1.29, 1.82) is 0 Å². The highest BCUT2D eigenvalue weighted by atomic mass is 31.1. The summed E-state index contributed by atoms with van der Waals surface area (Å²) in [7, 11) is -1.66. The summed E-state index contributed by atoms with van der Waals surface area (Å²) in [4.78, 5) is 2.70. The molecule has 5 aromatic rings. The maximum atomic E-state index is 6.01. The lowest BCUT2D eigenvalue weighted by molar-refractivity contribution is 0.0205. The molecule has 1 saturated heterocycles. The van der Waals surface area contributed by atoms with Crippen molar-refractivity contribution in [2.45, 2.75) is 61.4 Å². The number of rotatable bonds is 9. The first-order valence-electron chi connectivity index (χ1n) is 18.6. The van der Waals surface area contributed by atoms with E-state index in [4.69, 9.17) is 4.74 Å². The van der Waals surface area contributed by atoms with Crippen LogP contribution in [-0.2, 0) is 4.74 Å². The van der Waals surface area contributed by atoms with E-state index in [0.717, 1.165) is 26.3 Å². The van der Waals surface area contributed by atoms with Gasteiger partial charge in [-0.1, -0.05) is 142 Å². The molecule has 2 aliphatic rings. The number of morpholine rings is 1. The molecule has 0 unspecified atom stereocenters. The van der Waals surface area contributed by atoms with Gasteiger partial charge in [0.15, 0.2) is 0 Å². The molecular weight excluding hydrogens is 668 g/mol. The predicted molar refractivity (Wildman–Crippen MR) is 227 cm³/mol. The van der Waals surface area contributed by atoms with Crippen LogP contribution in [0, 0.1) is 86.2 Å². The maximum Gasteiger partial charge on any atom is 0.0594 e. The van der Waals surface area contributed by atoms with Crippen LogP contribution in [0.5, 0.6) is 0 Å². The molecular formula is C48H52NOP2. The second-order valence-electron chi connectivity index (χ2n) is 15.0. The largest absolute Gasteiger partial charge is 0.379 e. The molecule has 1 saturated carbocycles. The van der Waals surface area contributed by atoms with Crippen molar-refractivity contribution in [1.82, 2.24) is 4.90 Å². The van der Waals surface area contributed by atoms with E-state index in [-0.39, 0.29) is 6.04 Å². The third-order valence-electron chi connectivity index (χ3n) is 10.1. The number of aryl methyl sites for hydroxylation is 8. The zero-order valence-corrected chi connectivity index (χ0v) is 33.9. The van der Waals surface area contributed by atoms with Gasteiger partial charge in [-0.15, -0.1) is 0 Å². The molecule has 0 spiro atoms. The van der Waals surface area contributed by atoms with Crippen LogP contribution in [0.3, 0.4) is 0 Å². The van der Waals surface area contributed by atoms with E-state index >= 15 is 0 Å². The Balaban J connectivity index is 1.43. The summed E-state index contributed by atoms with van der Waals surface area (Å²) >= 11 is 0. The van der Waals surface area contributed by atoms with Crippen LogP contribution in [0.4, 0.5) is 0 Å². The van der Waals surface area contributed by atoms with E-state index in [1.807, 2.05) is 0 Å². The third kappa shape index (κ3) is 8.17. The molecule has 2 fully saturated rings. The molecule has 1 aliphatic carbocycles. The lowest BCUT2D eigenvalue weighted by atomic mass is 9.89. The standard InChI is InChI=1S/C48H52NOP2/c1-32-20-33(2)25-40(24-32)51(41-26-34(3)21-35(4)27-41)46-14-10-9-12-44(46)48(49-16-18-50-19-17-49)45-13-11-15-47(45)52(42-28-36(5)22-37(6)29-42)43-30-38(7)23-39(8)31-43/h9-15,20-31,48H,16-19H2,1-8H3/t48-/m1/s1. The monoisotopic (exact) mass is 720 g/mol. The van der Waals surface area contributed by atoms with Crippen molar-refractivity contribution in [2.75, 3.05) is 26.3 Å². The quantitative estimate of drug-likeness (QED) is 0.141. The first kappa shape index (κ1) is 37.2. The van der Waals surface area contributed by atoms with E-state index in [9.17, 15) is 0 Å². The van der Waals surface area contributed by atoms with Gasteiger partial charge in [-0.05, 0) is 123 Å². The van der Waals surface area contributed by atoms with Gasteiger partial charge in [0.1, 0.15) is 0 Å². The fourth-order valence-electron chi connectivity index (χ4n) is 8.35. The van der Waals surface area contributed by atoms with Crippen LogP contribution >= 0.6 is 15.8 Å². The number of nitrogens with zero attached hydrogens (tertiary/aromatic N) is 1. The van der Waals surface area contributed by atoms with Crippen molar-refractivity contribution in [3.8, 4) is 0 Å². The zero-order chi connectivity index (χ0) is 36.5. The van der Waals surface area contributed by atoms with E-state index in [1.54, 1.807) is 0 Å². The second-order valence-corrected chi connectivity index (χ2v) is 19.4. The van der Waals surface area contributed by atoms with Gasteiger partial charge in [0.2, 0.25) is 0 Å². The van der Waals surface area contributed by atoms with Gasteiger partial charge in [0.05, 0.1) is 13.2 Å². The minimum absolute atomic E-state index is 0.0914. The summed E-state index contributed by atoms with van der Waals surface area (Å²) in [5.74, 6) is 1.43. The van der Waals surface area contributed by atoms with Crippen molar-refractivity contribution in [2.24, 2.45) is 0 Å². The molecule has 0 N–H and O–H groups in total. The average Bonchev–Trinajstić information content (AvgIpc) is 3.53. The maximum absolute atomic E-state index is 6.01. The van der Waals surface area contributed by atoms with Gasteiger partial charge < -0.3 is 4.74 Å². The highest BCUT2D eigenvalue weighted by Crippen LogP contribution is 2.60. The predicted octanol–water partition coefficient (Wildman–Crippen LogP) is 9.15. The minimum Gasteiger partial charge on any atom is -0.379 e. The van der Waals surface area contributed by atoms with Gasteiger partial charge >= 0.3 is 0 Å². The van der Waals surface area contributed by atoms with Gasteiger partial charge in [0, 0.05) is 30.7 Å². The SMILES string of the molecule is Cc1cc(C)cc(P([C]2[CH][CH][CH][C]2[C@@H](c2ccccc2P(c2cc(C)cc(C)c2)c2cc(C)cc(C)c2)N2CCOCC2)c2cc(C)cc(C)c2)c1. The molecule has 4 heteroatoms. The van der Waals surface area contributed by atoms with Crippen molar-refractivity contribution < 1.29 is 4.74 Å². The zero-order valence-electron chi connectivity index (χ0n) is 32.1. The lowest BCUT2D eigenvalue weighted by Crippen LogP contribution is -2.44. The topological polar surface area (TPSA) is 12.5 Å². The summed E-state index contributed by atoms with van der Waals surface area (Å²) in [6.07, 6.45) is 7.18. The molecule has 52 heavy (non-hydrogen) atoms. The van der Waals surface area contributed by atoms with Crippen molar-refractivity contribution in [3.63, 3.8) is 0 Å². The molecule has 0 aromatic heterocycles. The first-order valence-corrected chi connectivity index (χ1v) is 21.3. The van der Waals surface area contributed by atoms with Crippen LogP contribution in [-0.4, -0.2) is 31.2 Å². The molecule has 7 rings (SSSR count). The van der Waals surface area contributed by atoms with Gasteiger partial charge in [0.25, 0.3) is 0 Å².